The number of phenols is 1. The summed E-state index contributed by atoms with van der Waals surface area (Å²) in [6, 6.07) is 9.04. The number of hydrogen-bond acceptors (Lipinski definition) is 6. The Kier molecular flexibility index (Phi) is 3.51. The molecule has 0 spiro atoms. The number of fused-ring (bicyclic) bond motifs is 1. The van der Waals surface area contributed by atoms with Crippen LogP contribution >= 0.6 is 0 Å². The molecule has 0 aliphatic rings. The molecule has 0 aliphatic heterocycles. The van der Waals surface area contributed by atoms with Crippen molar-refractivity contribution in [3.63, 3.8) is 0 Å². The lowest BCUT2D eigenvalue weighted by Crippen LogP contribution is -2.02. The maximum Gasteiger partial charge on any atom is 0.180 e. The molecule has 0 radical (unpaired) electrons. The van der Waals surface area contributed by atoms with Gasteiger partial charge in [0.05, 0.1) is 7.11 Å². The number of rotatable bonds is 4. The summed E-state index contributed by atoms with van der Waals surface area (Å²) in [5.74, 6) is 1.25. The van der Waals surface area contributed by atoms with Gasteiger partial charge in [-0.05, 0) is 18.2 Å². The molecule has 2 aromatic heterocycles. The maximum absolute atomic E-state index is 10.0. The van der Waals surface area contributed by atoms with Crippen molar-refractivity contribution in [3.05, 3.63) is 48.3 Å². The summed E-state index contributed by atoms with van der Waals surface area (Å²) in [7, 11) is 1.52. The van der Waals surface area contributed by atoms with Gasteiger partial charge in [-0.3, -0.25) is 4.98 Å². The average molecular weight is 282 g/mol. The van der Waals surface area contributed by atoms with Gasteiger partial charge < -0.3 is 15.2 Å². The van der Waals surface area contributed by atoms with Crippen molar-refractivity contribution >= 4 is 17.0 Å². The van der Waals surface area contributed by atoms with E-state index >= 15 is 0 Å². The Balaban J connectivity index is 1.80. The second-order valence-corrected chi connectivity index (χ2v) is 4.42. The minimum Gasteiger partial charge on any atom is -0.504 e. The lowest BCUT2D eigenvalue weighted by Gasteiger charge is -2.10. The molecule has 106 valence electrons. The molecule has 21 heavy (non-hydrogen) atoms. The Labute approximate surface area is 121 Å². The SMILES string of the molecule is COc1cccc(CNc2ccc3nccnc3n2)c1O. The van der Waals surface area contributed by atoms with Gasteiger partial charge in [-0.15, -0.1) is 0 Å². The van der Waals surface area contributed by atoms with Crippen molar-refractivity contribution in [3.8, 4) is 11.5 Å². The molecule has 0 saturated heterocycles. The Morgan fingerprint density at radius 3 is 2.86 bits per heavy atom. The van der Waals surface area contributed by atoms with E-state index in [1.54, 1.807) is 18.5 Å². The maximum atomic E-state index is 10.0. The first kappa shape index (κ1) is 13.1. The molecule has 6 heteroatoms. The normalized spacial score (nSPS) is 10.5. The number of phenolic OH excluding ortho intramolecular Hbond substituents is 1. The number of pyridine rings is 1. The van der Waals surface area contributed by atoms with Crippen LogP contribution in [-0.4, -0.2) is 27.2 Å². The molecule has 0 unspecified atom stereocenters. The predicted octanol–water partition coefficient (Wildman–Crippen LogP) is 2.35. The first-order chi connectivity index (χ1) is 10.3. The molecule has 2 N–H and O–H groups in total. The Morgan fingerprint density at radius 2 is 2.00 bits per heavy atom. The van der Waals surface area contributed by atoms with Gasteiger partial charge >= 0.3 is 0 Å². The van der Waals surface area contributed by atoms with Crippen molar-refractivity contribution in [1.82, 2.24) is 15.0 Å². The van der Waals surface area contributed by atoms with Crippen LogP contribution in [0.25, 0.3) is 11.2 Å². The number of nitrogens with zero attached hydrogens (tertiary/aromatic N) is 3. The third-order valence-corrected chi connectivity index (χ3v) is 3.09. The summed E-state index contributed by atoms with van der Waals surface area (Å²) in [6.45, 7) is 0.432. The van der Waals surface area contributed by atoms with Crippen LogP contribution in [0.15, 0.2) is 42.7 Å². The third-order valence-electron chi connectivity index (χ3n) is 3.09. The highest BCUT2D eigenvalue weighted by Crippen LogP contribution is 2.29. The van der Waals surface area contributed by atoms with Crippen molar-refractivity contribution in [2.24, 2.45) is 0 Å². The Bertz CT molecular complexity index is 776. The number of hydrogen-bond donors (Lipinski definition) is 2. The summed E-state index contributed by atoms with van der Waals surface area (Å²) in [6.07, 6.45) is 3.23. The lowest BCUT2D eigenvalue weighted by molar-refractivity contribution is 0.371. The molecule has 2 heterocycles. The van der Waals surface area contributed by atoms with Crippen LogP contribution in [0.3, 0.4) is 0 Å². The smallest absolute Gasteiger partial charge is 0.180 e. The monoisotopic (exact) mass is 282 g/mol. The largest absolute Gasteiger partial charge is 0.504 e. The van der Waals surface area contributed by atoms with Crippen LogP contribution in [0, 0.1) is 0 Å². The van der Waals surface area contributed by atoms with Crippen molar-refractivity contribution in [2.45, 2.75) is 6.54 Å². The zero-order chi connectivity index (χ0) is 14.7. The molecule has 0 aliphatic carbocycles. The minimum atomic E-state index is 0.132. The van der Waals surface area contributed by atoms with E-state index < -0.39 is 0 Å². The first-order valence-electron chi connectivity index (χ1n) is 6.44. The number of para-hydroxylation sites is 1. The molecule has 0 amide bonds. The second-order valence-electron chi connectivity index (χ2n) is 4.42. The molecule has 0 fully saturated rings. The highest BCUT2D eigenvalue weighted by molar-refractivity contribution is 5.71. The summed E-state index contributed by atoms with van der Waals surface area (Å²) in [4.78, 5) is 12.7. The Morgan fingerprint density at radius 1 is 1.14 bits per heavy atom. The standard InChI is InChI=1S/C15H14N4O2/c1-21-12-4-2-3-10(14(12)20)9-18-13-6-5-11-15(19-13)17-8-7-16-11/h2-8,20H,9H2,1H3,(H,17,18,19). The van der Waals surface area contributed by atoms with Crippen LogP contribution in [0.2, 0.25) is 0 Å². The summed E-state index contributed by atoms with van der Waals surface area (Å²) >= 11 is 0. The van der Waals surface area contributed by atoms with Gasteiger partial charge in [0.25, 0.3) is 0 Å². The van der Waals surface area contributed by atoms with Crippen LogP contribution in [0.5, 0.6) is 11.5 Å². The molecule has 0 bridgehead atoms. The molecule has 0 atom stereocenters. The fourth-order valence-electron chi connectivity index (χ4n) is 2.01. The number of aromatic nitrogens is 3. The van der Waals surface area contributed by atoms with E-state index in [4.69, 9.17) is 4.74 Å². The van der Waals surface area contributed by atoms with E-state index in [-0.39, 0.29) is 5.75 Å². The molecule has 6 nitrogen and oxygen atoms in total. The molecule has 3 rings (SSSR count). The third kappa shape index (κ3) is 2.69. The number of aromatic hydroxyl groups is 1. The topological polar surface area (TPSA) is 80.2 Å². The molecular weight excluding hydrogens is 268 g/mol. The second kappa shape index (κ2) is 5.62. The highest BCUT2D eigenvalue weighted by atomic mass is 16.5. The highest BCUT2D eigenvalue weighted by Gasteiger charge is 2.07. The average Bonchev–Trinajstić information content (AvgIpc) is 2.54. The number of methoxy groups -OCH3 is 1. The summed E-state index contributed by atoms with van der Waals surface area (Å²) in [5.41, 5.74) is 2.06. The van der Waals surface area contributed by atoms with E-state index in [1.165, 1.54) is 7.11 Å². The molecule has 1 aromatic carbocycles. The van der Waals surface area contributed by atoms with Gasteiger partial charge in [-0.25, -0.2) is 9.97 Å². The molecule has 3 aromatic rings. The van der Waals surface area contributed by atoms with Crippen molar-refractivity contribution in [2.75, 3.05) is 12.4 Å². The quantitative estimate of drug-likeness (QED) is 0.764. The van der Waals surface area contributed by atoms with Gasteiger partial charge in [0.15, 0.2) is 17.1 Å². The number of nitrogens with one attached hydrogen (secondary N) is 1. The number of benzene rings is 1. The Hall–Kier alpha value is -2.89. The van der Waals surface area contributed by atoms with Gasteiger partial charge in [-0.2, -0.15) is 0 Å². The fourth-order valence-corrected chi connectivity index (χ4v) is 2.01. The van der Waals surface area contributed by atoms with E-state index in [0.717, 1.165) is 11.1 Å². The summed E-state index contributed by atoms with van der Waals surface area (Å²) in [5, 5.41) is 13.2. The molecule has 0 saturated carbocycles. The van der Waals surface area contributed by atoms with Gasteiger partial charge in [0.2, 0.25) is 0 Å². The minimum absolute atomic E-state index is 0.132. The first-order valence-corrected chi connectivity index (χ1v) is 6.44. The van der Waals surface area contributed by atoms with Crippen LogP contribution < -0.4 is 10.1 Å². The van der Waals surface area contributed by atoms with E-state index in [9.17, 15) is 5.11 Å². The van der Waals surface area contributed by atoms with Gasteiger partial charge in [0.1, 0.15) is 11.3 Å². The van der Waals surface area contributed by atoms with E-state index in [2.05, 4.69) is 20.3 Å². The number of anilines is 1. The zero-order valence-corrected chi connectivity index (χ0v) is 11.4. The molecular formula is C15H14N4O2. The van der Waals surface area contributed by atoms with E-state index in [1.807, 2.05) is 24.3 Å². The predicted molar refractivity (Wildman–Crippen MR) is 79.3 cm³/mol. The van der Waals surface area contributed by atoms with E-state index in [0.29, 0.717) is 23.8 Å². The van der Waals surface area contributed by atoms with Gasteiger partial charge in [-0.1, -0.05) is 12.1 Å². The number of ether oxygens (including phenoxy) is 1. The summed E-state index contributed by atoms with van der Waals surface area (Å²) < 4.78 is 5.08. The van der Waals surface area contributed by atoms with Crippen LogP contribution in [0.4, 0.5) is 5.82 Å². The lowest BCUT2D eigenvalue weighted by atomic mass is 10.2. The van der Waals surface area contributed by atoms with Crippen molar-refractivity contribution < 1.29 is 9.84 Å². The van der Waals surface area contributed by atoms with Crippen LogP contribution in [-0.2, 0) is 6.54 Å². The zero-order valence-electron chi connectivity index (χ0n) is 11.4. The van der Waals surface area contributed by atoms with Crippen LogP contribution in [0.1, 0.15) is 5.56 Å². The van der Waals surface area contributed by atoms with Gasteiger partial charge in [0, 0.05) is 24.5 Å². The van der Waals surface area contributed by atoms with Crippen molar-refractivity contribution in [1.29, 1.82) is 0 Å². The fraction of sp³-hybridized carbons (Fsp3) is 0.133.